The maximum atomic E-state index is 12.1. The molecule has 4 rings (SSSR count). The van der Waals surface area contributed by atoms with Crippen LogP contribution in [0.15, 0.2) is 6.33 Å². The van der Waals surface area contributed by atoms with Crippen LogP contribution in [0, 0.1) is 0 Å². The third-order valence-corrected chi connectivity index (χ3v) is 7.64. The third kappa shape index (κ3) is 5.60. The molecule has 3 N–H and O–H groups in total. The lowest BCUT2D eigenvalue weighted by Crippen LogP contribution is -2.42. The fourth-order valence-electron chi connectivity index (χ4n) is 4.91. The molecule has 2 aromatic rings. The third-order valence-electron chi connectivity index (χ3n) is 6.47. The molecule has 10 heteroatoms. The van der Waals surface area contributed by atoms with E-state index in [1.807, 2.05) is 20.8 Å². The van der Waals surface area contributed by atoms with E-state index in [2.05, 4.69) is 15.3 Å². The molecule has 1 fully saturated rings. The molecule has 2 aliphatic rings. The van der Waals surface area contributed by atoms with Crippen molar-refractivity contribution in [3.8, 4) is 5.88 Å². The van der Waals surface area contributed by atoms with E-state index in [0.29, 0.717) is 12.3 Å². The van der Waals surface area contributed by atoms with Gasteiger partial charge in [0.1, 0.15) is 29.0 Å². The molecule has 0 saturated heterocycles. The number of hydrogen-bond acceptors (Lipinski definition) is 8. The summed E-state index contributed by atoms with van der Waals surface area (Å²) in [6, 6.07) is 0.0784. The number of fused-ring (bicyclic) bond motifs is 3. The summed E-state index contributed by atoms with van der Waals surface area (Å²) in [4.78, 5) is 35.0. The van der Waals surface area contributed by atoms with Crippen LogP contribution in [0.25, 0.3) is 10.2 Å². The highest BCUT2D eigenvalue weighted by molar-refractivity contribution is 7.19. The monoisotopic (exact) mass is 490 g/mol. The minimum absolute atomic E-state index is 0.0162. The number of amides is 2. The van der Waals surface area contributed by atoms with Crippen LogP contribution < -0.4 is 15.8 Å². The number of thiophene rings is 1. The number of carbonyl (C=O) groups is 2. The van der Waals surface area contributed by atoms with Crippen molar-refractivity contribution in [1.29, 1.82) is 0 Å². The molecule has 2 atom stereocenters. The fraction of sp³-hybridized carbons (Fsp3) is 0.667. The van der Waals surface area contributed by atoms with Crippen molar-refractivity contribution >= 4 is 33.6 Å². The summed E-state index contributed by atoms with van der Waals surface area (Å²) in [6.07, 6.45) is 6.26. The molecule has 0 radical (unpaired) electrons. The number of methoxy groups -OCH3 is 1. The van der Waals surface area contributed by atoms with Gasteiger partial charge in [0.2, 0.25) is 11.8 Å². The van der Waals surface area contributed by atoms with E-state index in [9.17, 15) is 9.59 Å². The Morgan fingerprint density at radius 3 is 2.59 bits per heavy atom. The van der Waals surface area contributed by atoms with Gasteiger partial charge in [-0.1, -0.05) is 0 Å². The highest BCUT2D eigenvalue weighted by Crippen LogP contribution is 2.48. The van der Waals surface area contributed by atoms with Crippen molar-refractivity contribution < 1.29 is 23.8 Å². The molecular formula is C24H34N4O5S. The molecule has 186 valence electrons. The van der Waals surface area contributed by atoms with Crippen LogP contribution in [0.5, 0.6) is 5.88 Å². The average Bonchev–Trinajstić information content (AvgIpc) is 3.31. The number of nitrogens with two attached hydrogens (primary N) is 1. The molecule has 0 bridgehead atoms. The number of aromatic nitrogens is 2. The molecule has 2 heterocycles. The van der Waals surface area contributed by atoms with Crippen LogP contribution in [0.3, 0.4) is 0 Å². The predicted octanol–water partition coefficient (Wildman–Crippen LogP) is 3.83. The van der Waals surface area contributed by atoms with Gasteiger partial charge in [0.25, 0.3) is 0 Å². The quantitative estimate of drug-likeness (QED) is 0.604. The Bertz CT molecular complexity index is 1040. The first-order valence-electron chi connectivity index (χ1n) is 11.9. The second-order valence-electron chi connectivity index (χ2n) is 10.1. The number of ether oxygens (including phenoxy) is 3. The molecule has 0 spiro atoms. The lowest BCUT2D eigenvalue weighted by atomic mass is 9.92. The molecule has 9 nitrogen and oxygen atoms in total. The average molecular weight is 491 g/mol. The van der Waals surface area contributed by atoms with E-state index in [4.69, 9.17) is 19.9 Å². The van der Waals surface area contributed by atoms with Crippen LogP contribution in [-0.2, 0) is 20.7 Å². The second-order valence-corrected chi connectivity index (χ2v) is 11.2. The van der Waals surface area contributed by atoms with Crippen LogP contribution in [0.1, 0.15) is 75.7 Å². The summed E-state index contributed by atoms with van der Waals surface area (Å²) in [5.41, 5.74) is 6.18. The van der Waals surface area contributed by atoms with Gasteiger partial charge in [-0.15, -0.1) is 11.3 Å². The molecule has 0 aliphatic heterocycles. The van der Waals surface area contributed by atoms with Crippen LogP contribution >= 0.6 is 11.3 Å². The lowest BCUT2D eigenvalue weighted by molar-refractivity contribution is -0.128. The second kappa shape index (κ2) is 10.0. The molecule has 34 heavy (non-hydrogen) atoms. The number of nitrogens with zero attached hydrogens (tertiary/aromatic N) is 2. The Morgan fingerprint density at radius 1 is 1.21 bits per heavy atom. The maximum Gasteiger partial charge on any atom is 0.407 e. The van der Waals surface area contributed by atoms with Crippen LogP contribution in [0.4, 0.5) is 4.79 Å². The van der Waals surface area contributed by atoms with E-state index in [0.717, 1.165) is 48.7 Å². The van der Waals surface area contributed by atoms with E-state index < -0.39 is 17.6 Å². The van der Waals surface area contributed by atoms with Gasteiger partial charge in [-0.05, 0) is 77.2 Å². The number of hydrogen-bond donors (Lipinski definition) is 2. The lowest BCUT2D eigenvalue weighted by Gasteiger charge is -2.30. The zero-order chi connectivity index (χ0) is 24.5. The van der Waals surface area contributed by atoms with Gasteiger partial charge >= 0.3 is 6.09 Å². The molecule has 0 unspecified atom stereocenters. The summed E-state index contributed by atoms with van der Waals surface area (Å²) < 4.78 is 17.1. The number of carbonyl (C=O) groups excluding carboxylic acids is 2. The van der Waals surface area contributed by atoms with Crippen molar-refractivity contribution in [3.05, 3.63) is 16.8 Å². The van der Waals surface area contributed by atoms with Crippen LogP contribution in [0.2, 0.25) is 0 Å². The first-order chi connectivity index (χ1) is 16.1. The van der Waals surface area contributed by atoms with Crippen molar-refractivity contribution in [2.24, 2.45) is 5.73 Å². The highest BCUT2D eigenvalue weighted by atomic mass is 32.1. The maximum absolute atomic E-state index is 12.1. The van der Waals surface area contributed by atoms with Gasteiger partial charge in [0.15, 0.2) is 0 Å². The Morgan fingerprint density at radius 2 is 1.94 bits per heavy atom. The molecule has 2 aliphatic carbocycles. The van der Waals surface area contributed by atoms with Gasteiger partial charge in [-0.25, -0.2) is 14.8 Å². The van der Waals surface area contributed by atoms with E-state index >= 15 is 0 Å². The Kier molecular flexibility index (Phi) is 7.28. The Labute approximate surface area is 203 Å². The zero-order valence-corrected chi connectivity index (χ0v) is 21.1. The fourth-order valence-corrected chi connectivity index (χ4v) is 6.14. The molecule has 2 amide bonds. The van der Waals surface area contributed by atoms with Gasteiger partial charge in [-0.2, -0.15) is 0 Å². The molecular weight excluding hydrogens is 456 g/mol. The van der Waals surface area contributed by atoms with E-state index in [1.54, 1.807) is 17.7 Å². The summed E-state index contributed by atoms with van der Waals surface area (Å²) in [6.45, 7) is 5.57. The number of primary amides is 1. The summed E-state index contributed by atoms with van der Waals surface area (Å²) >= 11 is 1.67. The number of rotatable bonds is 7. The number of alkyl carbamates (subject to hydrolysis) is 1. The van der Waals surface area contributed by atoms with Crippen molar-refractivity contribution in [1.82, 2.24) is 15.3 Å². The largest absolute Gasteiger partial charge is 0.474 e. The highest BCUT2D eigenvalue weighted by Gasteiger charge is 2.34. The van der Waals surface area contributed by atoms with Gasteiger partial charge in [0, 0.05) is 18.0 Å². The summed E-state index contributed by atoms with van der Waals surface area (Å²) in [7, 11) is 1.52. The van der Waals surface area contributed by atoms with Gasteiger partial charge < -0.3 is 25.3 Å². The molecule has 0 aromatic carbocycles. The van der Waals surface area contributed by atoms with Crippen molar-refractivity contribution in [3.63, 3.8) is 0 Å². The summed E-state index contributed by atoms with van der Waals surface area (Å²) in [5, 5.41) is 3.92. The number of aryl methyl sites for hydroxylation is 1. The Hall–Kier alpha value is -2.46. The van der Waals surface area contributed by atoms with Gasteiger partial charge in [0.05, 0.1) is 5.39 Å². The SMILES string of the molecule is CO[C@H](C[C@H]1CCc2sc3ncnc(OC4CCC(NC(=O)OC(C)(C)C)CC4)c3c21)C(N)=O. The predicted molar refractivity (Wildman–Crippen MR) is 129 cm³/mol. The van der Waals surface area contributed by atoms with Gasteiger partial charge in [-0.3, -0.25) is 4.79 Å². The first kappa shape index (κ1) is 24.7. The normalized spacial score (nSPS) is 23.4. The van der Waals surface area contributed by atoms with Crippen LogP contribution in [-0.4, -0.2) is 52.9 Å². The van der Waals surface area contributed by atoms with Crippen molar-refractivity contribution in [2.45, 2.75) is 95.5 Å². The summed E-state index contributed by atoms with van der Waals surface area (Å²) in [5.74, 6) is 0.314. The topological polar surface area (TPSA) is 126 Å². The number of nitrogens with one attached hydrogen (secondary N) is 1. The molecule has 2 aromatic heterocycles. The van der Waals surface area contributed by atoms with Crippen molar-refractivity contribution in [2.75, 3.05) is 7.11 Å². The molecule has 1 saturated carbocycles. The van der Waals surface area contributed by atoms with E-state index in [1.165, 1.54) is 17.6 Å². The smallest absolute Gasteiger partial charge is 0.407 e. The minimum atomic E-state index is -0.618. The van der Waals surface area contributed by atoms with E-state index in [-0.39, 0.29) is 24.2 Å². The first-order valence-corrected chi connectivity index (χ1v) is 12.7. The Balaban J connectivity index is 1.44. The zero-order valence-electron chi connectivity index (χ0n) is 20.3. The standard InChI is InChI=1S/C24H34N4O5S/c1-24(2,3)33-23(30)28-14-6-8-15(9-7-14)32-21-19-18-13(11-16(31-4)20(25)29)5-10-17(18)34-22(19)27-12-26-21/h12-16H,5-11H2,1-4H3,(H2,25,29)(H,28,30)/t13-,14?,15?,16-/m1/s1. The minimum Gasteiger partial charge on any atom is -0.474 e.